The minimum Gasteiger partial charge on any atom is -0.387 e. The molecule has 3 rings (SSSR count). The molecule has 1 aliphatic carbocycles. The number of thioether (sulfide) groups is 1. The number of carbonyl (C=O) groups excluding carboxylic acids is 1. The van der Waals surface area contributed by atoms with Crippen molar-refractivity contribution in [1.29, 1.82) is 0 Å². The molecule has 1 aromatic rings. The van der Waals surface area contributed by atoms with Gasteiger partial charge in [0.1, 0.15) is 5.82 Å². The normalized spacial score (nSPS) is 30.1. The average Bonchev–Trinajstić information content (AvgIpc) is 3.05. The lowest BCUT2D eigenvalue weighted by atomic mass is 10.0. The van der Waals surface area contributed by atoms with Crippen LogP contribution in [0.4, 0.5) is 9.18 Å². The number of hydrogen-bond acceptors (Lipinski definition) is 3. The zero-order valence-corrected chi connectivity index (χ0v) is 13.5. The first kappa shape index (κ1) is 15.9. The quantitative estimate of drug-likeness (QED) is 0.786. The van der Waals surface area contributed by atoms with Crippen LogP contribution >= 0.6 is 23.4 Å². The number of amides is 2. The number of aliphatic hydroxyl groups is 1. The van der Waals surface area contributed by atoms with Gasteiger partial charge in [-0.2, -0.15) is 11.8 Å². The van der Waals surface area contributed by atoms with E-state index in [-0.39, 0.29) is 30.4 Å². The molecule has 0 bridgehead atoms. The van der Waals surface area contributed by atoms with Crippen LogP contribution in [0.25, 0.3) is 0 Å². The second-order valence-electron chi connectivity index (χ2n) is 5.94. The zero-order chi connectivity index (χ0) is 15.7. The van der Waals surface area contributed by atoms with Crippen molar-refractivity contribution in [1.82, 2.24) is 10.6 Å². The summed E-state index contributed by atoms with van der Waals surface area (Å²) >= 11 is 7.71. The van der Waals surface area contributed by atoms with Crippen molar-refractivity contribution < 1.29 is 14.3 Å². The predicted octanol–water partition coefficient (Wildman–Crippen LogP) is 2.50. The van der Waals surface area contributed by atoms with E-state index in [2.05, 4.69) is 10.6 Å². The largest absolute Gasteiger partial charge is 0.387 e. The van der Waals surface area contributed by atoms with Gasteiger partial charge in [0.2, 0.25) is 0 Å². The number of benzene rings is 1. The van der Waals surface area contributed by atoms with Crippen LogP contribution in [-0.4, -0.2) is 40.8 Å². The van der Waals surface area contributed by atoms with Crippen molar-refractivity contribution in [3.63, 3.8) is 0 Å². The van der Waals surface area contributed by atoms with Crippen LogP contribution in [0.5, 0.6) is 0 Å². The van der Waals surface area contributed by atoms with Crippen molar-refractivity contribution >= 4 is 29.4 Å². The minimum atomic E-state index is -0.806. The molecule has 1 heterocycles. The molecule has 3 N–H and O–H groups in total. The molecule has 3 unspecified atom stereocenters. The van der Waals surface area contributed by atoms with E-state index in [1.54, 1.807) is 23.9 Å². The van der Waals surface area contributed by atoms with Crippen LogP contribution < -0.4 is 10.6 Å². The van der Waals surface area contributed by atoms with Crippen LogP contribution in [0.1, 0.15) is 24.3 Å². The van der Waals surface area contributed by atoms with Crippen molar-refractivity contribution in [3.05, 3.63) is 34.6 Å². The maximum atomic E-state index is 13.8. The lowest BCUT2D eigenvalue weighted by molar-refractivity contribution is 0.0700. The number of rotatable bonds is 4. The van der Waals surface area contributed by atoms with E-state index in [9.17, 15) is 14.3 Å². The van der Waals surface area contributed by atoms with Crippen LogP contribution in [0.15, 0.2) is 18.2 Å². The van der Waals surface area contributed by atoms with E-state index in [0.29, 0.717) is 29.2 Å². The Kier molecular flexibility index (Phi) is 4.52. The monoisotopic (exact) mass is 344 g/mol. The van der Waals surface area contributed by atoms with E-state index in [1.165, 1.54) is 6.07 Å². The molecule has 0 spiro atoms. The second-order valence-corrected chi connectivity index (χ2v) is 7.45. The van der Waals surface area contributed by atoms with Gasteiger partial charge in [-0.05, 0) is 30.7 Å². The first-order chi connectivity index (χ1) is 10.5. The first-order valence-electron chi connectivity index (χ1n) is 7.27. The molecule has 22 heavy (non-hydrogen) atoms. The van der Waals surface area contributed by atoms with Crippen molar-refractivity contribution in [2.24, 2.45) is 0 Å². The summed E-state index contributed by atoms with van der Waals surface area (Å²) in [5.74, 6) is 1.14. The van der Waals surface area contributed by atoms with Crippen LogP contribution in [0.3, 0.4) is 0 Å². The van der Waals surface area contributed by atoms with E-state index in [4.69, 9.17) is 11.6 Å². The van der Waals surface area contributed by atoms with Crippen LogP contribution in [0, 0.1) is 5.82 Å². The SMILES string of the molecule is O=C(NCC1(O)CCSC1)NC1CC1c1c(F)cccc1Cl. The van der Waals surface area contributed by atoms with E-state index < -0.39 is 5.60 Å². The Labute approximate surface area is 137 Å². The topological polar surface area (TPSA) is 61.4 Å². The van der Waals surface area contributed by atoms with Crippen LogP contribution in [-0.2, 0) is 0 Å². The van der Waals surface area contributed by atoms with Crippen molar-refractivity contribution in [3.8, 4) is 0 Å². The highest BCUT2D eigenvalue weighted by atomic mass is 35.5. The highest BCUT2D eigenvalue weighted by Crippen LogP contribution is 2.44. The molecular weight excluding hydrogens is 327 g/mol. The molecule has 2 aliphatic rings. The smallest absolute Gasteiger partial charge is 0.315 e. The third kappa shape index (κ3) is 3.50. The maximum Gasteiger partial charge on any atom is 0.315 e. The molecule has 1 saturated carbocycles. The lowest BCUT2D eigenvalue weighted by Gasteiger charge is -2.21. The number of halogens is 2. The Morgan fingerprint density at radius 2 is 2.36 bits per heavy atom. The van der Waals surface area contributed by atoms with E-state index >= 15 is 0 Å². The van der Waals surface area contributed by atoms with Gasteiger partial charge < -0.3 is 15.7 Å². The zero-order valence-electron chi connectivity index (χ0n) is 11.9. The molecule has 2 fully saturated rings. The summed E-state index contributed by atoms with van der Waals surface area (Å²) in [5, 5.41) is 16.1. The first-order valence-corrected chi connectivity index (χ1v) is 8.80. The second kappa shape index (κ2) is 6.26. The summed E-state index contributed by atoms with van der Waals surface area (Å²) in [6, 6.07) is 4.17. The number of carbonyl (C=O) groups is 1. The Balaban J connectivity index is 1.50. The lowest BCUT2D eigenvalue weighted by Crippen LogP contribution is -2.47. The highest BCUT2D eigenvalue weighted by Gasteiger charge is 2.42. The molecular formula is C15H18ClFN2O2S. The standard InChI is InChI=1S/C15H18ClFN2O2S/c16-10-2-1-3-11(17)13(10)9-6-12(9)19-14(20)18-7-15(21)4-5-22-8-15/h1-3,9,12,21H,4-8H2,(H2,18,19,20). The Bertz CT molecular complexity index is 560. The van der Waals surface area contributed by atoms with Gasteiger partial charge in [-0.15, -0.1) is 0 Å². The Morgan fingerprint density at radius 1 is 1.55 bits per heavy atom. The van der Waals surface area contributed by atoms with Gasteiger partial charge in [-0.1, -0.05) is 17.7 Å². The molecule has 0 radical (unpaired) electrons. The fraction of sp³-hybridized carbons (Fsp3) is 0.533. The van der Waals surface area contributed by atoms with Gasteiger partial charge in [-0.25, -0.2) is 9.18 Å². The Morgan fingerprint density at radius 3 is 3.05 bits per heavy atom. The van der Waals surface area contributed by atoms with Gasteiger partial charge in [0.25, 0.3) is 0 Å². The van der Waals surface area contributed by atoms with Crippen molar-refractivity contribution in [2.45, 2.75) is 30.4 Å². The van der Waals surface area contributed by atoms with Gasteiger partial charge in [0.15, 0.2) is 0 Å². The third-order valence-corrected chi connectivity index (χ3v) is 5.70. The number of nitrogens with one attached hydrogen (secondary N) is 2. The summed E-state index contributed by atoms with van der Waals surface area (Å²) in [7, 11) is 0. The molecule has 120 valence electrons. The van der Waals surface area contributed by atoms with Gasteiger partial charge >= 0.3 is 6.03 Å². The molecule has 2 amide bonds. The van der Waals surface area contributed by atoms with Gasteiger partial charge in [0, 0.05) is 34.8 Å². The summed E-state index contributed by atoms with van der Waals surface area (Å²) in [5.41, 5.74) is -0.333. The fourth-order valence-corrected chi connectivity index (χ4v) is 4.34. The molecule has 4 nitrogen and oxygen atoms in total. The van der Waals surface area contributed by atoms with Gasteiger partial charge in [0.05, 0.1) is 5.60 Å². The number of urea groups is 1. The number of hydrogen-bond donors (Lipinski definition) is 3. The third-order valence-electron chi connectivity index (χ3n) is 4.14. The predicted molar refractivity (Wildman–Crippen MR) is 86.0 cm³/mol. The van der Waals surface area contributed by atoms with E-state index in [0.717, 1.165) is 5.75 Å². The molecule has 3 atom stereocenters. The molecule has 1 aliphatic heterocycles. The average molecular weight is 345 g/mol. The highest BCUT2D eigenvalue weighted by molar-refractivity contribution is 7.99. The molecule has 0 aromatic heterocycles. The molecule has 1 saturated heterocycles. The van der Waals surface area contributed by atoms with Gasteiger partial charge in [-0.3, -0.25) is 0 Å². The molecule has 1 aromatic carbocycles. The van der Waals surface area contributed by atoms with E-state index in [1.807, 2.05) is 0 Å². The minimum absolute atomic E-state index is 0.0791. The maximum absolute atomic E-state index is 13.8. The molecule has 7 heteroatoms. The summed E-state index contributed by atoms with van der Waals surface area (Å²) in [6.07, 6.45) is 1.36. The summed E-state index contributed by atoms with van der Waals surface area (Å²) in [4.78, 5) is 11.9. The summed E-state index contributed by atoms with van der Waals surface area (Å²) in [6.45, 7) is 0.240. The Hall–Kier alpha value is -0.980. The summed E-state index contributed by atoms with van der Waals surface area (Å²) < 4.78 is 13.8. The van der Waals surface area contributed by atoms with Crippen LogP contribution in [0.2, 0.25) is 5.02 Å². The van der Waals surface area contributed by atoms with Crippen molar-refractivity contribution in [2.75, 3.05) is 18.1 Å². The fourth-order valence-electron chi connectivity index (χ4n) is 2.74.